The van der Waals surface area contributed by atoms with E-state index in [0.717, 1.165) is 12.1 Å². The fourth-order valence-electron chi connectivity index (χ4n) is 1.89. The third-order valence-electron chi connectivity index (χ3n) is 2.98. The summed E-state index contributed by atoms with van der Waals surface area (Å²) >= 11 is 1.17. The number of nitrogens with zero attached hydrogens (tertiary/aromatic N) is 2. The average Bonchev–Trinajstić information content (AvgIpc) is 2.58. The fourth-order valence-corrected chi connectivity index (χ4v) is 2.54. The lowest BCUT2D eigenvalue weighted by molar-refractivity contribution is -0.140. The number of anilines is 1. The van der Waals surface area contributed by atoms with Gasteiger partial charge in [-0.2, -0.15) is 13.2 Å². The Morgan fingerprint density at radius 3 is 2.84 bits per heavy atom. The number of nitrogens with one attached hydrogen (secondary N) is 1. The number of hydrogen-bond donors (Lipinski definition) is 1. The molecular formula is C16H16F3N3O2S. The van der Waals surface area contributed by atoms with Gasteiger partial charge in [0, 0.05) is 6.54 Å². The summed E-state index contributed by atoms with van der Waals surface area (Å²) in [7, 11) is 0. The minimum atomic E-state index is -4.38. The van der Waals surface area contributed by atoms with Gasteiger partial charge in [-0.3, -0.25) is 9.78 Å². The molecule has 0 unspecified atom stereocenters. The lowest BCUT2D eigenvalue weighted by atomic mass is 10.1. The summed E-state index contributed by atoms with van der Waals surface area (Å²) in [4.78, 5) is 19.6. The Hall–Kier alpha value is -2.29. The van der Waals surface area contributed by atoms with Gasteiger partial charge >= 0.3 is 12.1 Å². The van der Waals surface area contributed by atoms with Gasteiger partial charge in [-0.15, -0.1) is 0 Å². The van der Waals surface area contributed by atoms with Crippen molar-refractivity contribution in [3.63, 3.8) is 0 Å². The second-order valence-electron chi connectivity index (χ2n) is 4.89. The molecule has 0 aliphatic heterocycles. The maximum Gasteiger partial charge on any atom is 0.416 e. The first-order valence-corrected chi connectivity index (χ1v) is 8.37. The number of aromatic nitrogens is 2. The average molecular weight is 371 g/mol. The summed E-state index contributed by atoms with van der Waals surface area (Å²) in [6, 6.07) is 5.06. The lowest BCUT2D eigenvalue weighted by Crippen LogP contribution is -2.08. The van der Waals surface area contributed by atoms with E-state index in [4.69, 9.17) is 4.74 Å². The third kappa shape index (κ3) is 6.26. The Morgan fingerprint density at radius 2 is 2.12 bits per heavy atom. The van der Waals surface area contributed by atoms with Crippen LogP contribution < -0.4 is 5.32 Å². The normalized spacial score (nSPS) is 11.2. The highest BCUT2D eigenvalue weighted by Crippen LogP contribution is 2.29. The zero-order valence-electron chi connectivity index (χ0n) is 13.3. The Balaban J connectivity index is 1.95. The molecule has 0 saturated carbocycles. The van der Waals surface area contributed by atoms with Crippen molar-refractivity contribution in [3.8, 4) is 0 Å². The number of halogens is 3. The van der Waals surface area contributed by atoms with E-state index < -0.39 is 11.7 Å². The molecule has 2 aromatic rings. The smallest absolute Gasteiger partial charge is 0.416 e. The molecule has 0 spiro atoms. The number of ether oxygens (including phenoxy) is 1. The molecule has 0 saturated heterocycles. The Bertz CT molecular complexity index is 726. The van der Waals surface area contributed by atoms with Crippen LogP contribution in [0.2, 0.25) is 0 Å². The predicted octanol–water partition coefficient (Wildman–Crippen LogP) is 3.76. The second-order valence-corrected chi connectivity index (χ2v) is 5.88. The summed E-state index contributed by atoms with van der Waals surface area (Å²) in [5, 5.41) is 3.44. The van der Waals surface area contributed by atoms with Crippen LogP contribution in [0.15, 0.2) is 41.7 Å². The number of hydrogen-bond acceptors (Lipinski definition) is 6. The quantitative estimate of drug-likeness (QED) is 0.591. The Kier molecular flexibility index (Phi) is 6.63. The number of carbonyl (C=O) groups is 1. The van der Waals surface area contributed by atoms with Crippen molar-refractivity contribution in [2.45, 2.75) is 24.7 Å². The molecule has 1 N–H and O–H groups in total. The van der Waals surface area contributed by atoms with Crippen molar-refractivity contribution in [2.75, 3.05) is 17.7 Å². The third-order valence-corrected chi connectivity index (χ3v) is 3.86. The van der Waals surface area contributed by atoms with Gasteiger partial charge in [-0.1, -0.05) is 23.9 Å². The second kappa shape index (κ2) is 8.70. The van der Waals surface area contributed by atoms with Gasteiger partial charge in [-0.25, -0.2) is 4.98 Å². The molecular weight excluding hydrogens is 355 g/mol. The summed E-state index contributed by atoms with van der Waals surface area (Å²) in [5.74, 6) is 0.169. The van der Waals surface area contributed by atoms with Gasteiger partial charge in [-0.05, 0) is 24.6 Å². The number of thioether (sulfide) groups is 1. The number of benzene rings is 1. The van der Waals surface area contributed by atoms with E-state index in [1.807, 2.05) is 0 Å². The first kappa shape index (κ1) is 19.0. The molecule has 0 radical (unpaired) electrons. The van der Waals surface area contributed by atoms with Crippen LogP contribution in [0.25, 0.3) is 0 Å². The highest BCUT2D eigenvalue weighted by atomic mass is 32.2. The maximum absolute atomic E-state index is 12.7. The van der Waals surface area contributed by atoms with Crippen molar-refractivity contribution >= 4 is 23.5 Å². The van der Waals surface area contributed by atoms with E-state index in [9.17, 15) is 18.0 Å². The lowest BCUT2D eigenvalue weighted by Gasteiger charge is -2.10. The van der Waals surface area contributed by atoms with Crippen molar-refractivity contribution in [1.29, 1.82) is 0 Å². The summed E-state index contributed by atoms with van der Waals surface area (Å²) in [6.45, 7) is 2.20. The zero-order chi connectivity index (χ0) is 18.3. The molecule has 0 bridgehead atoms. The van der Waals surface area contributed by atoms with Crippen molar-refractivity contribution in [1.82, 2.24) is 9.97 Å². The molecule has 2 rings (SSSR count). The van der Waals surface area contributed by atoms with Crippen LogP contribution in [0.5, 0.6) is 0 Å². The van der Waals surface area contributed by atoms with Crippen LogP contribution in [-0.4, -0.2) is 28.3 Å². The number of esters is 1. The first-order valence-electron chi connectivity index (χ1n) is 7.39. The van der Waals surface area contributed by atoms with Crippen LogP contribution >= 0.6 is 11.8 Å². The zero-order valence-corrected chi connectivity index (χ0v) is 14.2. The Labute approximate surface area is 147 Å². The molecule has 1 aromatic carbocycles. The summed E-state index contributed by atoms with van der Waals surface area (Å²) in [5.41, 5.74) is -0.224. The van der Waals surface area contributed by atoms with Crippen LogP contribution in [0.1, 0.15) is 18.1 Å². The van der Waals surface area contributed by atoms with Crippen LogP contribution in [0, 0.1) is 0 Å². The highest BCUT2D eigenvalue weighted by Gasteiger charge is 2.30. The van der Waals surface area contributed by atoms with Gasteiger partial charge in [0.15, 0.2) is 0 Å². The Morgan fingerprint density at radius 1 is 1.32 bits per heavy atom. The molecule has 0 aliphatic carbocycles. The van der Waals surface area contributed by atoms with E-state index in [1.54, 1.807) is 13.0 Å². The van der Waals surface area contributed by atoms with Crippen LogP contribution in [-0.2, 0) is 22.3 Å². The number of alkyl halides is 3. The summed E-state index contributed by atoms with van der Waals surface area (Å²) < 4.78 is 42.9. The predicted molar refractivity (Wildman–Crippen MR) is 88.2 cm³/mol. The monoisotopic (exact) mass is 371 g/mol. The van der Waals surface area contributed by atoms with Gasteiger partial charge in [0.1, 0.15) is 10.8 Å². The highest BCUT2D eigenvalue weighted by molar-refractivity contribution is 7.99. The molecule has 25 heavy (non-hydrogen) atoms. The standard InChI is InChI=1S/C16H16F3N3O2S/c1-2-24-15(23)10-25-14-9-20-8-13(22-14)21-7-11-4-3-5-12(6-11)16(17,18)19/h3-6,8-9H,2,7,10H2,1H3,(H,21,22). The van der Waals surface area contributed by atoms with Crippen LogP contribution in [0.3, 0.4) is 0 Å². The van der Waals surface area contributed by atoms with Crippen molar-refractivity contribution in [3.05, 3.63) is 47.8 Å². The first-order chi connectivity index (χ1) is 11.9. The molecule has 1 heterocycles. The molecule has 9 heteroatoms. The minimum Gasteiger partial charge on any atom is -0.465 e. The van der Waals surface area contributed by atoms with E-state index >= 15 is 0 Å². The largest absolute Gasteiger partial charge is 0.465 e. The fraction of sp³-hybridized carbons (Fsp3) is 0.312. The molecule has 134 valence electrons. The van der Waals surface area contributed by atoms with Gasteiger partial charge in [0.2, 0.25) is 0 Å². The van der Waals surface area contributed by atoms with Crippen LogP contribution in [0.4, 0.5) is 19.0 Å². The van der Waals surface area contributed by atoms with E-state index in [-0.39, 0.29) is 18.3 Å². The molecule has 0 atom stereocenters. The molecule has 0 aliphatic rings. The van der Waals surface area contributed by atoms with Gasteiger partial charge in [0.05, 0.1) is 30.3 Å². The number of carbonyl (C=O) groups excluding carboxylic acids is 1. The minimum absolute atomic E-state index is 0.111. The van der Waals surface area contributed by atoms with E-state index in [2.05, 4.69) is 15.3 Å². The van der Waals surface area contributed by atoms with E-state index in [0.29, 0.717) is 23.0 Å². The SMILES string of the molecule is CCOC(=O)CSc1cncc(NCc2cccc(C(F)(F)F)c2)n1. The van der Waals surface area contributed by atoms with Gasteiger partial charge in [0.25, 0.3) is 0 Å². The van der Waals surface area contributed by atoms with Gasteiger partial charge < -0.3 is 10.1 Å². The molecule has 5 nitrogen and oxygen atoms in total. The molecule has 0 amide bonds. The van der Waals surface area contributed by atoms with Crippen molar-refractivity contribution < 1.29 is 22.7 Å². The number of rotatable bonds is 7. The molecule has 1 aromatic heterocycles. The topological polar surface area (TPSA) is 64.1 Å². The molecule has 0 fully saturated rings. The van der Waals surface area contributed by atoms with Crippen molar-refractivity contribution in [2.24, 2.45) is 0 Å². The maximum atomic E-state index is 12.7. The summed E-state index contributed by atoms with van der Waals surface area (Å²) in [6.07, 6.45) is -1.42. The van der Waals surface area contributed by atoms with E-state index in [1.165, 1.54) is 30.2 Å².